The second-order valence-electron chi connectivity index (χ2n) is 5.40. The monoisotopic (exact) mass is 299 g/mol. The first-order chi connectivity index (χ1) is 10.6. The molecule has 0 aromatic heterocycles. The van der Waals surface area contributed by atoms with Crippen LogP contribution in [-0.4, -0.2) is 23.9 Å². The molecule has 1 unspecified atom stereocenters. The number of rotatable bonds is 4. The van der Waals surface area contributed by atoms with Crippen LogP contribution in [0, 0.1) is 5.92 Å². The van der Waals surface area contributed by atoms with Crippen molar-refractivity contribution in [3.8, 4) is 0 Å². The van der Waals surface area contributed by atoms with Gasteiger partial charge < -0.3 is 5.32 Å². The minimum absolute atomic E-state index is 0.314. The standard InChI is InChI=1S/C16H17N3O3/c1-2-12(17-10-8-9-10)13-14(20)18-16(22)19(15(13)21)11-6-4-3-5-7-11/h2-7,10,13,17H,8-9H2,1H3,(H,18,20,22). The van der Waals surface area contributed by atoms with Gasteiger partial charge in [0, 0.05) is 11.7 Å². The summed E-state index contributed by atoms with van der Waals surface area (Å²) in [5, 5.41) is 5.46. The lowest BCUT2D eigenvalue weighted by molar-refractivity contribution is -0.132. The highest BCUT2D eigenvalue weighted by molar-refractivity contribution is 6.28. The fourth-order valence-corrected chi connectivity index (χ4v) is 2.47. The molecular weight excluding hydrogens is 282 g/mol. The van der Waals surface area contributed by atoms with Gasteiger partial charge in [-0.05, 0) is 31.9 Å². The van der Waals surface area contributed by atoms with Crippen LogP contribution in [0.3, 0.4) is 0 Å². The third-order valence-electron chi connectivity index (χ3n) is 3.75. The normalized spacial score (nSPS) is 22.6. The second kappa shape index (κ2) is 5.63. The predicted octanol–water partition coefficient (Wildman–Crippen LogP) is 1.54. The molecule has 1 saturated heterocycles. The van der Waals surface area contributed by atoms with Crippen molar-refractivity contribution in [2.75, 3.05) is 4.90 Å². The highest BCUT2D eigenvalue weighted by Gasteiger charge is 2.44. The topological polar surface area (TPSA) is 78.5 Å². The maximum absolute atomic E-state index is 12.7. The van der Waals surface area contributed by atoms with Crippen molar-refractivity contribution in [1.29, 1.82) is 0 Å². The van der Waals surface area contributed by atoms with Gasteiger partial charge in [-0.2, -0.15) is 0 Å². The third kappa shape index (κ3) is 2.59. The number of carbonyl (C=O) groups is 3. The Balaban J connectivity index is 1.91. The third-order valence-corrected chi connectivity index (χ3v) is 3.75. The van der Waals surface area contributed by atoms with E-state index in [1.165, 1.54) is 0 Å². The number of urea groups is 1. The fourth-order valence-electron chi connectivity index (χ4n) is 2.47. The molecule has 114 valence electrons. The molecule has 1 aliphatic carbocycles. The van der Waals surface area contributed by atoms with Crippen molar-refractivity contribution in [1.82, 2.24) is 10.6 Å². The number of carbonyl (C=O) groups excluding carboxylic acids is 3. The Labute approximate surface area is 128 Å². The summed E-state index contributed by atoms with van der Waals surface area (Å²) in [6.07, 6.45) is 3.78. The number of barbiturate groups is 1. The number of nitrogens with zero attached hydrogens (tertiary/aromatic N) is 1. The van der Waals surface area contributed by atoms with Crippen LogP contribution in [0.4, 0.5) is 10.5 Å². The van der Waals surface area contributed by atoms with E-state index in [9.17, 15) is 14.4 Å². The second-order valence-corrected chi connectivity index (χ2v) is 5.40. The number of hydrogen-bond acceptors (Lipinski definition) is 4. The van der Waals surface area contributed by atoms with Crippen molar-refractivity contribution in [2.45, 2.75) is 25.8 Å². The van der Waals surface area contributed by atoms with Crippen LogP contribution in [0.5, 0.6) is 0 Å². The summed E-state index contributed by atoms with van der Waals surface area (Å²) >= 11 is 0. The highest BCUT2D eigenvalue weighted by Crippen LogP contribution is 2.27. The summed E-state index contributed by atoms with van der Waals surface area (Å²) in [6, 6.07) is 8.20. The lowest BCUT2D eigenvalue weighted by Gasteiger charge is -2.31. The van der Waals surface area contributed by atoms with Crippen molar-refractivity contribution >= 4 is 23.5 Å². The molecule has 0 bridgehead atoms. The molecule has 1 aliphatic heterocycles. The Morgan fingerprint density at radius 3 is 2.50 bits per heavy atom. The molecule has 22 heavy (non-hydrogen) atoms. The average Bonchev–Trinajstić information content (AvgIpc) is 3.31. The molecule has 1 saturated carbocycles. The molecule has 1 atom stereocenters. The zero-order valence-electron chi connectivity index (χ0n) is 12.2. The van der Waals surface area contributed by atoms with E-state index >= 15 is 0 Å². The van der Waals surface area contributed by atoms with E-state index in [4.69, 9.17) is 0 Å². The van der Waals surface area contributed by atoms with Crippen molar-refractivity contribution in [2.24, 2.45) is 5.92 Å². The Morgan fingerprint density at radius 2 is 1.91 bits per heavy atom. The molecule has 2 N–H and O–H groups in total. The number of hydrogen-bond donors (Lipinski definition) is 2. The van der Waals surface area contributed by atoms with Crippen LogP contribution in [0.2, 0.25) is 0 Å². The molecule has 6 nitrogen and oxygen atoms in total. The summed E-state index contributed by atoms with van der Waals surface area (Å²) in [6.45, 7) is 1.77. The smallest absolute Gasteiger partial charge is 0.335 e. The van der Waals surface area contributed by atoms with E-state index in [-0.39, 0.29) is 0 Å². The van der Waals surface area contributed by atoms with Gasteiger partial charge in [0.1, 0.15) is 0 Å². The van der Waals surface area contributed by atoms with Crippen LogP contribution >= 0.6 is 0 Å². The zero-order chi connectivity index (χ0) is 15.7. The van der Waals surface area contributed by atoms with E-state index in [0.29, 0.717) is 17.4 Å². The van der Waals surface area contributed by atoms with Crippen LogP contribution in [0.1, 0.15) is 19.8 Å². The van der Waals surface area contributed by atoms with E-state index in [1.54, 1.807) is 43.3 Å². The van der Waals surface area contributed by atoms with Gasteiger partial charge in [0.15, 0.2) is 5.92 Å². The van der Waals surface area contributed by atoms with Crippen molar-refractivity contribution in [3.05, 3.63) is 42.1 Å². The average molecular weight is 299 g/mol. The maximum atomic E-state index is 12.7. The molecule has 1 heterocycles. The number of amides is 4. The van der Waals surface area contributed by atoms with Gasteiger partial charge in [-0.3, -0.25) is 14.9 Å². The Hall–Kier alpha value is -2.63. The summed E-state index contributed by atoms with van der Waals surface area (Å²) in [5.41, 5.74) is 1.00. The molecule has 0 spiro atoms. The first-order valence-corrected chi connectivity index (χ1v) is 7.28. The number of para-hydroxylation sites is 1. The molecule has 2 fully saturated rings. The number of allylic oxidation sites excluding steroid dienone is 1. The summed E-state index contributed by atoms with van der Waals surface area (Å²) in [5.74, 6) is -2.12. The summed E-state index contributed by atoms with van der Waals surface area (Å²) < 4.78 is 0. The Morgan fingerprint density at radius 1 is 1.23 bits per heavy atom. The maximum Gasteiger partial charge on any atom is 0.335 e. The quantitative estimate of drug-likeness (QED) is 0.827. The lowest BCUT2D eigenvalue weighted by Crippen LogP contribution is -2.59. The first kappa shape index (κ1) is 14.3. The minimum atomic E-state index is -1.01. The van der Waals surface area contributed by atoms with E-state index in [0.717, 1.165) is 17.7 Å². The molecule has 2 aliphatic rings. The fraction of sp³-hybridized carbons (Fsp3) is 0.312. The largest absolute Gasteiger partial charge is 0.385 e. The molecule has 4 amide bonds. The van der Waals surface area contributed by atoms with Crippen LogP contribution in [0.25, 0.3) is 0 Å². The summed E-state index contributed by atoms with van der Waals surface area (Å²) in [7, 11) is 0. The Bertz CT molecular complexity index is 650. The highest BCUT2D eigenvalue weighted by atomic mass is 16.2. The first-order valence-electron chi connectivity index (χ1n) is 7.28. The van der Waals surface area contributed by atoms with Gasteiger partial charge >= 0.3 is 6.03 Å². The molecular formula is C16H17N3O3. The number of anilines is 1. The summed E-state index contributed by atoms with van der Waals surface area (Å²) in [4.78, 5) is 37.9. The van der Waals surface area contributed by atoms with E-state index < -0.39 is 23.8 Å². The van der Waals surface area contributed by atoms with Gasteiger partial charge in [0.05, 0.1) is 5.69 Å². The van der Waals surface area contributed by atoms with Gasteiger partial charge in [0.25, 0.3) is 5.91 Å². The van der Waals surface area contributed by atoms with Crippen molar-refractivity contribution < 1.29 is 14.4 Å². The minimum Gasteiger partial charge on any atom is -0.385 e. The lowest BCUT2D eigenvalue weighted by atomic mass is 9.99. The van der Waals surface area contributed by atoms with Crippen LogP contribution in [0.15, 0.2) is 42.1 Å². The Kier molecular flexibility index (Phi) is 3.66. The van der Waals surface area contributed by atoms with Crippen LogP contribution in [-0.2, 0) is 9.59 Å². The SMILES string of the molecule is CC=C(NC1CC1)C1C(=O)NC(=O)N(c2ccccc2)C1=O. The molecule has 0 radical (unpaired) electrons. The molecule has 6 heteroatoms. The zero-order valence-corrected chi connectivity index (χ0v) is 12.2. The van der Waals surface area contributed by atoms with E-state index in [1.807, 2.05) is 0 Å². The molecule has 3 rings (SSSR count). The molecule has 1 aromatic rings. The van der Waals surface area contributed by atoms with E-state index in [2.05, 4.69) is 10.6 Å². The van der Waals surface area contributed by atoms with Gasteiger partial charge in [-0.15, -0.1) is 0 Å². The van der Waals surface area contributed by atoms with Crippen molar-refractivity contribution in [3.63, 3.8) is 0 Å². The van der Waals surface area contributed by atoms with Gasteiger partial charge in [-0.1, -0.05) is 24.3 Å². The van der Waals surface area contributed by atoms with Gasteiger partial charge in [0.2, 0.25) is 5.91 Å². The van der Waals surface area contributed by atoms with Gasteiger partial charge in [-0.25, -0.2) is 9.69 Å². The molecule has 1 aromatic carbocycles. The van der Waals surface area contributed by atoms with Crippen LogP contribution < -0.4 is 15.5 Å². The number of imide groups is 2. The number of nitrogens with one attached hydrogen (secondary N) is 2. The number of benzene rings is 1. The predicted molar refractivity (Wildman–Crippen MR) is 80.9 cm³/mol.